The maximum atomic E-state index is 13.2. The molecule has 0 bridgehead atoms. The SMILES string of the molecule is CC(C)(C)OC(=O)N1CC[C@@H](CC2(Oc3cccnc3C(F)(F)F)CCC2)C1. The van der Waals surface area contributed by atoms with Gasteiger partial charge in [0.1, 0.15) is 11.2 Å². The fraction of sp³-hybridized carbons (Fsp3) is 0.700. The molecule has 0 aromatic carbocycles. The molecule has 1 saturated carbocycles. The van der Waals surface area contributed by atoms with E-state index in [2.05, 4.69) is 4.98 Å². The van der Waals surface area contributed by atoms with E-state index in [0.717, 1.165) is 19.0 Å². The predicted octanol–water partition coefficient (Wildman–Crippen LogP) is 5.05. The van der Waals surface area contributed by atoms with Crippen molar-refractivity contribution in [1.29, 1.82) is 0 Å². The standard InChI is InChI=1S/C20H27F3N2O3/c1-18(2,3)28-17(26)25-11-7-14(13-25)12-19(8-5-9-19)27-15-6-4-10-24-16(15)20(21,22)23/h4,6,10,14H,5,7-9,11-13H2,1-3H3/t14-/m0/s1. The molecule has 2 heterocycles. The van der Waals surface area contributed by atoms with Crippen molar-refractivity contribution >= 4 is 6.09 Å². The summed E-state index contributed by atoms with van der Waals surface area (Å²) >= 11 is 0. The molecule has 0 radical (unpaired) electrons. The number of aromatic nitrogens is 1. The van der Waals surface area contributed by atoms with Crippen LogP contribution in [-0.4, -0.2) is 40.3 Å². The topological polar surface area (TPSA) is 51.7 Å². The highest BCUT2D eigenvalue weighted by molar-refractivity contribution is 5.68. The monoisotopic (exact) mass is 400 g/mol. The third kappa shape index (κ3) is 4.89. The van der Waals surface area contributed by atoms with Gasteiger partial charge in [0.2, 0.25) is 0 Å². The van der Waals surface area contributed by atoms with Crippen LogP contribution in [0, 0.1) is 5.92 Å². The molecular formula is C20H27F3N2O3. The summed E-state index contributed by atoms with van der Waals surface area (Å²) in [7, 11) is 0. The molecule has 2 fully saturated rings. The van der Waals surface area contributed by atoms with E-state index in [1.807, 2.05) is 20.8 Å². The van der Waals surface area contributed by atoms with Gasteiger partial charge in [0.05, 0.1) is 0 Å². The lowest BCUT2D eigenvalue weighted by Gasteiger charge is -2.43. The Hall–Kier alpha value is -1.99. The number of halogens is 3. The van der Waals surface area contributed by atoms with Crippen LogP contribution >= 0.6 is 0 Å². The number of carbonyl (C=O) groups is 1. The van der Waals surface area contributed by atoms with Crippen LogP contribution in [0.4, 0.5) is 18.0 Å². The third-order valence-corrected chi connectivity index (χ3v) is 5.23. The second kappa shape index (κ2) is 7.44. The average molecular weight is 400 g/mol. The minimum Gasteiger partial charge on any atom is -0.485 e. The zero-order chi connectivity index (χ0) is 20.6. The Morgan fingerprint density at radius 3 is 2.61 bits per heavy atom. The van der Waals surface area contributed by atoms with Gasteiger partial charge in [-0.3, -0.25) is 0 Å². The second-order valence-corrected chi connectivity index (χ2v) is 8.77. The number of alkyl halides is 3. The first-order chi connectivity index (χ1) is 13.0. The van der Waals surface area contributed by atoms with E-state index in [0.29, 0.717) is 32.4 Å². The third-order valence-electron chi connectivity index (χ3n) is 5.23. The fourth-order valence-electron chi connectivity index (χ4n) is 3.86. The Morgan fingerprint density at radius 2 is 2.04 bits per heavy atom. The molecule has 0 N–H and O–H groups in total. The molecule has 1 saturated heterocycles. The molecule has 1 atom stereocenters. The molecule has 5 nitrogen and oxygen atoms in total. The highest BCUT2D eigenvalue weighted by atomic mass is 19.4. The van der Waals surface area contributed by atoms with Crippen LogP contribution in [0.5, 0.6) is 5.75 Å². The van der Waals surface area contributed by atoms with E-state index in [9.17, 15) is 18.0 Å². The highest BCUT2D eigenvalue weighted by Gasteiger charge is 2.45. The first kappa shape index (κ1) is 20.7. The number of ether oxygens (including phenoxy) is 2. The number of amides is 1. The van der Waals surface area contributed by atoms with Crippen molar-refractivity contribution in [3.8, 4) is 5.75 Å². The number of likely N-dealkylation sites (tertiary alicyclic amines) is 1. The van der Waals surface area contributed by atoms with Crippen LogP contribution in [-0.2, 0) is 10.9 Å². The lowest BCUT2D eigenvalue weighted by atomic mass is 9.74. The van der Waals surface area contributed by atoms with Gasteiger partial charge in [-0.1, -0.05) is 0 Å². The van der Waals surface area contributed by atoms with Crippen molar-refractivity contribution in [2.24, 2.45) is 5.92 Å². The van der Waals surface area contributed by atoms with Crippen LogP contribution in [0.1, 0.15) is 58.6 Å². The maximum absolute atomic E-state index is 13.2. The Labute approximate surface area is 163 Å². The van der Waals surface area contributed by atoms with E-state index >= 15 is 0 Å². The Balaban J connectivity index is 1.65. The average Bonchev–Trinajstić information content (AvgIpc) is 2.99. The molecule has 8 heteroatoms. The normalized spacial score (nSPS) is 21.9. The van der Waals surface area contributed by atoms with E-state index < -0.39 is 23.1 Å². The van der Waals surface area contributed by atoms with Crippen LogP contribution in [0.15, 0.2) is 18.3 Å². The number of rotatable bonds is 4. The molecule has 3 rings (SSSR count). The summed E-state index contributed by atoms with van der Waals surface area (Å²) in [5.74, 6) is -0.0319. The van der Waals surface area contributed by atoms with Crippen molar-refractivity contribution in [3.05, 3.63) is 24.0 Å². The van der Waals surface area contributed by atoms with Crippen LogP contribution in [0.25, 0.3) is 0 Å². The van der Waals surface area contributed by atoms with E-state index in [1.54, 1.807) is 4.90 Å². The number of carbonyl (C=O) groups excluding carboxylic acids is 1. The predicted molar refractivity (Wildman–Crippen MR) is 97.0 cm³/mol. The van der Waals surface area contributed by atoms with E-state index in [-0.39, 0.29) is 17.8 Å². The zero-order valence-corrected chi connectivity index (χ0v) is 16.5. The second-order valence-electron chi connectivity index (χ2n) is 8.77. The molecule has 1 aromatic rings. The summed E-state index contributed by atoms with van der Waals surface area (Å²) in [6.07, 6.45) is -0.0115. The summed E-state index contributed by atoms with van der Waals surface area (Å²) < 4.78 is 51.0. The van der Waals surface area contributed by atoms with Gasteiger partial charge in [-0.05, 0) is 70.9 Å². The molecule has 2 aliphatic rings. The summed E-state index contributed by atoms with van der Waals surface area (Å²) in [5, 5.41) is 0. The van der Waals surface area contributed by atoms with Crippen LogP contribution in [0.2, 0.25) is 0 Å². The Bertz CT molecular complexity index is 711. The van der Waals surface area contributed by atoms with Crippen molar-refractivity contribution < 1.29 is 27.4 Å². The molecule has 156 valence electrons. The molecule has 1 amide bonds. The van der Waals surface area contributed by atoms with Crippen molar-refractivity contribution in [3.63, 3.8) is 0 Å². The minimum absolute atomic E-state index is 0.179. The highest BCUT2D eigenvalue weighted by Crippen LogP contribution is 2.45. The number of hydrogen-bond acceptors (Lipinski definition) is 4. The van der Waals surface area contributed by atoms with Crippen LogP contribution < -0.4 is 4.74 Å². The zero-order valence-electron chi connectivity index (χ0n) is 16.5. The van der Waals surface area contributed by atoms with Gasteiger partial charge in [-0.2, -0.15) is 13.2 Å². The summed E-state index contributed by atoms with van der Waals surface area (Å²) in [6.45, 7) is 6.60. The Morgan fingerprint density at radius 1 is 1.32 bits per heavy atom. The molecule has 28 heavy (non-hydrogen) atoms. The lowest BCUT2D eigenvalue weighted by molar-refractivity contribution is -0.145. The van der Waals surface area contributed by atoms with Crippen molar-refractivity contribution in [1.82, 2.24) is 9.88 Å². The first-order valence-corrected chi connectivity index (χ1v) is 9.67. The van der Waals surface area contributed by atoms with Gasteiger partial charge in [0.15, 0.2) is 11.4 Å². The number of pyridine rings is 1. The van der Waals surface area contributed by atoms with Crippen LogP contribution in [0.3, 0.4) is 0 Å². The smallest absolute Gasteiger partial charge is 0.437 e. The molecular weight excluding hydrogens is 373 g/mol. The first-order valence-electron chi connectivity index (χ1n) is 9.67. The fourth-order valence-corrected chi connectivity index (χ4v) is 3.86. The maximum Gasteiger partial charge on any atom is 0.437 e. The summed E-state index contributed by atoms with van der Waals surface area (Å²) in [6, 6.07) is 2.79. The largest absolute Gasteiger partial charge is 0.485 e. The van der Waals surface area contributed by atoms with Gasteiger partial charge >= 0.3 is 12.3 Å². The van der Waals surface area contributed by atoms with Gasteiger partial charge in [0, 0.05) is 19.3 Å². The van der Waals surface area contributed by atoms with Crippen molar-refractivity contribution in [2.75, 3.05) is 13.1 Å². The molecule has 1 aromatic heterocycles. The van der Waals surface area contributed by atoms with Gasteiger partial charge in [-0.25, -0.2) is 9.78 Å². The van der Waals surface area contributed by atoms with E-state index in [1.165, 1.54) is 12.1 Å². The minimum atomic E-state index is -4.55. The molecule has 1 aliphatic heterocycles. The van der Waals surface area contributed by atoms with E-state index in [4.69, 9.17) is 9.47 Å². The number of nitrogens with zero attached hydrogens (tertiary/aromatic N) is 2. The van der Waals surface area contributed by atoms with Gasteiger partial charge in [-0.15, -0.1) is 0 Å². The van der Waals surface area contributed by atoms with Gasteiger partial charge in [0.25, 0.3) is 0 Å². The lowest BCUT2D eigenvalue weighted by Crippen LogP contribution is -2.45. The summed E-state index contributed by atoms with van der Waals surface area (Å²) in [5.41, 5.74) is -2.15. The number of hydrogen-bond donors (Lipinski definition) is 0. The quantitative estimate of drug-likeness (QED) is 0.710. The van der Waals surface area contributed by atoms with Crippen molar-refractivity contribution in [2.45, 2.75) is 70.3 Å². The van der Waals surface area contributed by atoms with Gasteiger partial charge < -0.3 is 14.4 Å². The summed E-state index contributed by atoms with van der Waals surface area (Å²) in [4.78, 5) is 17.4. The molecule has 1 aliphatic carbocycles. The Kier molecular flexibility index (Phi) is 5.51. The molecule has 0 spiro atoms. The molecule has 0 unspecified atom stereocenters.